The zero-order chi connectivity index (χ0) is 18.2. The fraction of sp³-hybridized carbons (Fsp3) is 0.750. The number of hydrogen-bond donors (Lipinski definition) is 0. The van der Waals surface area contributed by atoms with E-state index in [1.54, 1.807) is 16.7 Å². The van der Waals surface area contributed by atoms with Gasteiger partial charge in [-0.15, -0.1) is 0 Å². The summed E-state index contributed by atoms with van der Waals surface area (Å²) in [6.07, 6.45) is 12.3. The van der Waals surface area contributed by atoms with Gasteiger partial charge in [-0.2, -0.15) is 0 Å². The topological polar surface area (TPSA) is 18.5 Å². The first kappa shape index (κ1) is 17.3. The Morgan fingerprint density at radius 1 is 1.12 bits per heavy atom. The Kier molecular flexibility index (Phi) is 3.70. The quantitative estimate of drug-likeness (QED) is 0.542. The fourth-order valence-corrected chi connectivity index (χ4v) is 7.25. The third kappa shape index (κ3) is 2.12. The summed E-state index contributed by atoms with van der Waals surface area (Å²) in [5.74, 6) is 1.32. The molecule has 1 aliphatic heterocycles. The summed E-state index contributed by atoms with van der Waals surface area (Å²) in [5, 5.41) is 0. The van der Waals surface area contributed by atoms with Crippen LogP contribution in [-0.4, -0.2) is 19.0 Å². The fourth-order valence-electron chi connectivity index (χ4n) is 7.25. The summed E-state index contributed by atoms with van der Waals surface area (Å²) in [4.78, 5) is 0. The standard InChI is InChI=1S/C24H34O2/c1-16(2)22(3)11-9-21-20-6-5-17-15-24(25-13-14-26-24)12-8-18(17)19(20)7-10-23(21,22)4/h7,20-21H,1,5-6,8-15H2,2-4H3/t20-,21+,22-,23+/m1/s1. The highest BCUT2D eigenvalue weighted by Crippen LogP contribution is 2.67. The molecule has 1 saturated heterocycles. The summed E-state index contributed by atoms with van der Waals surface area (Å²) in [5.41, 5.74) is 7.13. The van der Waals surface area contributed by atoms with Crippen molar-refractivity contribution in [3.05, 3.63) is 34.9 Å². The molecule has 1 saturated carbocycles. The van der Waals surface area contributed by atoms with Crippen LogP contribution in [0.5, 0.6) is 0 Å². The molecule has 0 unspecified atom stereocenters. The summed E-state index contributed by atoms with van der Waals surface area (Å²) in [7, 11) is 0. The maximum Gasteiger partial charge on any atom is 0.172 e. The van der Waals surface area contributed by atoms with E-state index < -0.39 is 0 Å². The van der Waals surface area contributed by atoms with E-state index in [2.05, 4.69) is 33.4 Å². The van der Waals surface area contributed by atoms with E-state index in [-0.39, 0.29) is 5.79 Å². The first-order valence-electron chi connectivity index (χ1n) is 10.7. The highest BCUT2D eigenvalue weighted by Gasteiger charge is 2.58. The molecule has 2 nitrogen and oxygen atoms in total. The van der Waals surface area contributed by atoms with Gasteiger partial charge in [0.05, 0.1) is 13.2 Å². The minimum absolute atomic E-state index is 0.276. The molecule has 0 aromatic carbocycles. The number of fused-ring (bicyclic) bond motifs is 4. The van der Waals surface area contributed by atoms with Crippen molar-refractivity contribution < 1.29 is 9.47 Å². The summed E-state index contributed by atoms with van der Waals surface area (Å²) >= 11 is 0. The van der Waals surface area contributed by atoms with Crippen molar-refractivity contribution in [2.24, 2.45) is 22.7 Å². The maximum atomic E-state index is 6.02. The van der Waals surface area contributed by atoms with Crippen LogP contribution in [0.3, 0.4) is 0 Å². The number of rotatable bonds is 1. The Labute approximate surface area is 158 Å². The first-order chi connectivity index (χ1) is 12.4. The van der Waals surface area contributed by atoms with Crippen molar-refractivity contribution in [2.75, 3.05) is 13.2 Å². The Morgan fingerprint density at radius 3 is 2.62 bits per heavy atom. The second kappa shape index (κ2) is 5.58. The molecule has 26 heavy (non-hydrogen) atoms. The van der Waals surface area contributed by atoms with Crippen molar-refractivity contribution in [3.63, 3.8) is 0 Å². The second-order valence-corrected chi connectivity index (χ2v) is 10.1. The van der Waals surface area contributed by atoms with Gasteiger partial charge in [-0.3, -0.25) is 0 Å². The Hall–Kier alpha value is -0.860. The van der Waals surface area contributed by atoms with Crippen LogP contribution >= 0.6 is 0 Å². The molecule has 0 N–H and O–H groups in total. The molecule has 5 rings (SSSR count). The third-order valence-electron chi connectivity index (χ3n) is 9.19. The van der Waals surface area contributed by atoms with E-state index in [0.29, 0.717) is 10.8 Å². The van der Waals surface area contributed by atoms with E-state index in [1.165, 1.54) is 37.7 Å². The predicted octanol–water partition coefficient (Wildman–Crippen LogP) is 5.95. The summed E-state index contributed by atoms with van der Waals surface area (Å²) < 4.78 is 12.0. The van der Waals surface area contributed by atoms with Gasteiger partial charge in [-0.1, -0.05) is 37.6 Å². The van der Waals surface area contributed by atoms with Crippen LogP contribution in [0.2, 0.25) is 0 Å². The largest absolute Gasteiger partial charge is 0.347 e. The van der Waals surface area contributed by atoms with Crippen LogP contribution in [0.4, 0.5) is 0 Å². The summed E-state index contributed by atoms with van der Waals surface area (Å²) in [6, 6.07) is 0. The van der Waals surface area contributed by atoms with Gasteiger partial charge in [0.15, 0.2) is 5.79 Å². The van der Waals surface area contributed by atoms with Crippen LogP contribution in [0.15, 0.2) is 34.9 Å². The van der Waals surface area contributed by atoms with Crippen LogP contribution in [0.25, 0.3) is 0 Å². The lowest BCUT2D eigenvalue weighted by atomic mass is 9.52. The molecule has 0 radical (unpaired) electrons. The van der Waals surface area contributed by atoms with Gasteiger partial charge >= 0.3 is 0 Å². The van der Waals surface area contributed by atoms with Gasteiger partial charge in [-0.05, 0) is 79.3 Å². The first-order valence-corrected chi connectivity index (χ1v) is 10.7. The maximum absolute atomic E-state index is 6.02. The van der Waals surface area contributed by atoms with Crippen LogP contribution in [-0.2, 0) is 9.47 Å². The van der Waals surface area contributed by atoms with Crippen LogP contribution < -0.4 is 0 Å². The SMILES string of the molecule is C=C(C)[C@@]1(C)CC[C@H]2[C@@H]3CCC4=C(CCC5(C4)OCCO5)C3=CC[C@@]21C. The molecule has 0 bridgehead atoms. The van der Waals surface area contributed by atoms with Crippen molar-refractivity contribution in [1.29, 1.82) is 0 Å². The smallest absolute Gasteiger partial charge is 0.172 e. The second-order valence-electron chi connectivity index (χ2n) is 10.1. The van der Waals surface area contributed by atoms with Gasteiger partial charge in [0.1, 0.15) is 0 Å². The van der Waals surface area contributed by atoms with Gasteiger partial charge in [0, 0.05) is 12.8 Å². The van der Waals surface area contributed by atoms with Crippen LogP contribution in [0, 0.1) is 22.7 Å². The average Bonchev–Trinajstić information content (AvgIpc) is 3.18. The normalized spacial score (nSPS) is 43.7. The minimum atomic E-state index is -0.276. The van der Waals surface area contributed by atoms with E-state index in [0.717, 1.165) is 44.3 Å². The molecular weight excluding hydrogens is 320 g/mol. The van der Waals surface area contributed by atoms with Gasteiger partial charge < -0.3 is 9.47 Å². The zero-order valence-electron chi connectivity index (χ0n) is 16.8. The lowest BCUT2D eigenvalue weighted by Gasteiger charge is -2.52. The van der Waals surface area contributed by atoms with Gasteiger partial charge in [0.2, 0.25) is 0 Å². The monoisotopic (exact) mass is 354 g/mol. The molecule has 142 valence electrons. The Morgan fingerprint density at radius 2 is 1.88 bits per heavy atom. The highest BCUT2D eigenvalue weighted by atomic mass is 16.7. The van der Waals surface area contributed by atoms with Crippen molar-refractivity contribution in [3.8, 4) is 0 Å². The molecule has 0 aromatic heterocycles. The van der Waals surface area contributed by atoms with Crippen molar-refractivity contribution in [1.82, 2.24) is 0 Å². The van der Waals surface area contributed by atoms with Crippen molar-refractivity contribution >= 4 is 0 Å². The zero-order valence-corrected chi connectivity index (χ0v) is 16.8. The predicted molar refractivity (Wildman–Crippen MR) is 105 cm³/mol. The minimum Gasteiger partial charge on any atom is -0.347 e. The molecule has 4 atom stereocenters. The molecule has 2 fully saturated rings. The van der Waals surface area contributed by atoms with E-state index >= 15 is 0 Å². The lowest BCUT2D eigenvalue weighted by molar-refractivity contribution is -0.164. The molecule has 1 spiro atoms. The molecule has 5 aliphatic rings. The van der Waals surface area contributed by atoms with Gasteiger partial charge in [0.25, 0.3) is 0 Å². The number of ether oxygens (including phenoxy) is 2. The molecule has 0 amide bonds. The molecule has 2 heteroatoms. The van der Waals surface area contributed by atoms with E-state index in [4.69, 9.17) is 9.47 Å². The van der Waals surface area contributed by atoms with Crippen LogP contribution in [0.1, 0.15) is 72.1 Å². The highest BCUT2D eigenvalue weighted by molar-refractivity contribution is 5.45. The molecule has 4 aliphatic carbocycles. The molecule has 1 heterocycles. The lowest BCUT2D eigenvalue weighted by Crippen LogP contribution is -2.44. The average molecular weight is 355 g/mol. The van der Waals surface area contributed by atoms with Gasteiger partial charge in [-0.25, -0.2) is 0 Å². The summed E-state index contributed by atoms with van der Waals surface area (Å²) in [6.45, 7) is 13.3. The third-order valence-corrected chi connectivity index (χ3v) is 9.19. The van der Waals surface area contributed by atoms with E-state index in [9.17, 15) is 0 Å². The number of allylic oxidation sites excluding steroid dienone is 4. The number of hydrogen-bond acceptors (Lipinski definition) is 2. The Bertz CT molecular complexity index is 708. The Balaban J connectivity index is 1.49. The van der Waals surface area contributed by atoms with Crippen molar-refractivity contribution in [2.45, 2.75) is 77.9 Å². The van der Waals surface area contributed by atoms with E-state index in [1.807, 2.05) is 0 Å². The molecular formula is C24H34O2. The molecule has 0 aromatic rings.